The number of rotatable bonds is 2. The summed E-state index contributed by atoms with van der Waals surface area (Å²) in [6.07, 6.45) is 0. The largest absolute Gasteiger partial charge is 0.422 e. The molecule has 0 radical (unpaired) electrons. The van der Waals surface area contributed by atoms with Crippen molar-refractivity contribution >= 4 is 65.0 Å². The van der Waals surface area contributed by atoms with Crippen molar-refractivity contribution in [3.8, 4) is 22.3 Å². The zero-order chi connectivity index (χ0) is 29.4. The normalized spacial score (nSPS) is 11.8. The average Bonchev–Trinajstić information content (AvgIpc) is 3.08. The van der Waals surface area contributed by atoms with Gasteiger partial charge in [0.2, 0.25) is 0 Å². The van der Waals surface area contributed by atoms with Crippen LogP contribution in [0.25, 0.3) is 87.3 Å². The third-order valence-electron chi connectivity index (χ3n) is 8.74. The summed E-state index contributed by atoms with van der Waals surface area (Å²) in [4.78, 5) is 27.1. The zero-order valence-electron chi connectivity index (χ0n) is 23.3. The van der Waals surface area contributed by atoms with Crippen LogP contribution in [0.2, 0.25) is 0 Å². The van der Waals surface area contributed by atoms with Crippen molar-refractivity contribution in [1.82, 2.24) is 0 Å². The Morgan fingerprint density at radius 3 is 1.02 bits per heavy atom. The highest BCUT2D eigenvalue weighted by Gasteiger charge is 2.17. The molecule has 9 rings (SSSR count). The smallest absolute Gasteiger partial charge is 0.344 e. The number of hydrogen-bond donors (Lipinski definition) is 0. The molecule has 2 heterocycles. The van der Waals surface area contributed by atoms with Crippen LogP contribution < -0.4 is 11.3 Å². The molecule has 7 aromatic carbocycles. The third-order valence-corrected chi connectivity index (χ3v) is 8.74. The minimum Gasteiger partial charge on any atom is -0.422 e. The lowest BCUT2D eigenvalue weighted by Crippen LogP contribution is -2.05. The first-order valence-electron chi connectivity index (χ1n) is 14.5. The van der Waals surface area contributed by atoms with Gasteiger partial charge in [0.1, 0.15) is 11.2 Å². The van der Waals surface area contributed by atoms with E-state index in [-0.39, 0.29) is 0 Å². The predicted molar refractivity (Wildman–Crippen MR) is 179 cm³/mol. The summed E-state index contributed by atoms with van der Waals surface area (Å²) in [6, 6.07) is 43.6. The molecule has 4 nitrogen and oxygen atoms in total. The minimum absolute atomic E-state index is 0.432. The predicted octanol–water partition coefficient (Wildman–Crippen LogP) is 9.85. The summed E-state index contributed by atoms with van der Waals surface area (Å²) in [5, 5.41) is 9.81. The quantitative estimate of drug-likeness (QED) is 0.154. The summed E-state index contributed by atoms with van der Waals surface area (Å²) in [5.74, 6) is 0. The minimum atomic E-state index is -0.432. The summed E-state index contributed by atoms with van der Waals surface area (Å²) >= 11 is 0. The molecule has 206 valence electrons. The van der Waals surface area contributed by atoms with Gasteiger partial charge >= 0.3 is 11.3 Å². The van der Waals surface area contributed by atoms with Gasteiger partial charge in [0.25, 0.3) is 0 Å². The third kappa shape index (κ3) is 3.52. The van der Waals surface area contributed by atoms with Crippen molar-refractivity contribution in [2.75, 3.05) is 0 Å². The maximum Gasteiger partial charge on any atom is 0.344 e. The molecule has 0 amide bonds. The van der Waals surface area contributed by atoms with Gasteiger partial charge in [-0.3, -0.25) is 0 Å². The van der Waals surface area contributed by atoms with E-state index in [0.717, 1.165) is 53.9 Å². The van der Waals surface area contributed by atoms with E-state index in [4.69, 9.17) is 8.83 Å². The summed E-state index contributed by atoms with van der Waals surface area (Å²) in [7, 11) is 0. The molecule has 9 aromatic rings. The fourth-order valence-electron chi connectivity index (χ4n) is 6.74. The highest BCUT2D eigenvalue weighted by molar-refractivity contribution is 6.25. The molecule has 2 aromatic heterocycles. The lowest BCUT2D eigenvalue weighted by molar-refractivity contribution is 0.567. The van der Waals surface area contributed by atoms with Crippen LogP contribution in [0, 0.1) is 0 Å². The Balaban J connectivity index is 1.28. The summed E-state index contributed by atoms with van der Waals surface area (Å²) in [6.45, 7) is 0. The van der Waals surface area contributed by atoms with Gasteiger partial charge in [-0.25, -0.2) is 9.59 Å². The second-order valence-electron chi connectivity index (χ2n) is 11.1. The maximum atomic E-state index is 13.5. The maximum absolute atomic E-state index is 13.5. The molecule has 0 aliphatic heterocycles. The SMILES string of the molecule is O=c1oc2c3ccccc3c3ccccc3c2cc1-c1cccc(-c2cc3c4ccccc4c4ccccc4c3oc2=O)c1. The highest BCUT2D eigenvalue weighted by Crippen LogP contribution is 2.38. The van der Waals surface area contributed by atoms with Crippen LogP contribution in [0.4, 0.5) is 0 Å². The number of fused-ring (bicyclic) bond motifs is 12. The number of benzene rings is 7. The van der Waals surface area contributed by atoms with Crippen molar-refractivity contribution in [2.24, 2.45) is 0 Å². The van der Waals surface area contributed by atoms with Crippen LogP contribution in [0.1, 0.15) is 0 Å². The van der Waals surface area contributed by atoms with Gasteiger partial charge < -0.3 is 8.83 Å². The Bertz CT molecular complexity index is 2580. The van der Waals surface area contributed by atoms with E-state index in [1.165, 1.54) is 0 Å². The van der Waals surface area contributed by atoms with Crippen molar-refractivity contribution in [2.45, 2.75) is 0 Å². The fourth-order valence-corrected chi connectivity index (χ4v) is 6.74. The molecule has 0 unspecified atom stereocenters. The monoisotopic (exact) mass is 566 g/mol. The molecular formula is C40H22O4. The molecule has 0 saturated carbocycles. The zero-order valence-corrected chi connectivity index (χ0v) is 23.3. The van der Waals surface area contributed by atoms with E-state index < -0.39 is 11.3 Å². The van der Waals surface area contributed by atoms with Gasteiger partial charge in [-0.05, 0) is 61.6 Å². The lowest BCUT2D eigenvalue weighted by atomic mass is 9.94. The molecule has 0 bridgehead atoms. The van der Waals surface area contributed by atoms with E-state index in [2.05, 4.69) is 36.4 Å². The van der Waals surface area contributed by atoms with Crippen LogP contribution in [-0.2, 0) is 0 Å². The standard InChI is InChI=1S/C40H22O4/c41-39-33(21-35-29-16-3-1-12-25(29)27-14-5-7-18-31(27)37(35)43-39)23-10-9-11-24(20-23)34-22-36-30-17-4-2-13-26(30)28-15-6-8-19-32(28)38(36)44-40(34)42/h1-22H. The Morgan fingerprint density at radius 1 is 0.318 bits per heavy atom. The molecule has 0 atom stereocenters. The van der Waals surface area contributed by atoms with Crippen LogP contribution in [0.3, 0.4) is 0 Å². The Morgan fingerprint density at radius 2 is 0.636 bits per heavy atom. The highest BCUT2D eigenvalue weighted by atomic mass is 16.4. The van der Waals surface area contributed by atoms with Crippen LogP contribution in [0.15, 0.2) is 152 Å². The van der Waals surface area contributed by atoms with Crippen molar-refractivity contribution < 1.29 is 8.83 Å². The van der Waals surface area contributed by atoms with E-state index in [1.54, 1.807) is 0 Å². The lowest BCUT2D eigenvalue weighted by Gasteiger charge is -2.12. The summed E-state index contributed by atoms with van der Waals surface area (Å²) in [5.41, 5.74) is 2.47. The second-order valence-corrected chi connectivity index (χ2v) is 11.1. The molecule has 0 spiro atoms. The van der Waals surface area contributed by atoms with Gasteiger partial charge in [0.15, 0.2) is 0 Å². The van der Waals surface area contributed by atoms with Crippen LogP contribution >= 0.6 is 0 Å². The molecule has 4 heteroatoms. The van der Waals surface area contributed by atoms with E-state index in [9.17, 15) is 9.59 Å². The van der Waals surface area contributed by atoms with Gasteiger partial charge in [0, 0.05) is 21.5 Å². The van der Waals surface area contributed by atoms with Gasteiger partial charge in [-0.15, -0.1) is 0 Å². The molecule has 0 aliphatic rings. The number of hydrogen-bond acceptors (Lipinski definition) is 4. The first-order chi connectivity index (χ1) is 21.7. The second kappa shape index (κ2) is 9.25. The molecule has 0 aliphatic carbocycles. The topological polar surface area (TPSA) is 60.4 Å². The first-order valence-corrected chi connectivity index (χ1v) is 14.5. The van der Waals surface area contributed by atoms with E-state index >= 15 is 0 Å². The molecule has 44 heavy (non-hydrogen) atoms. The Labute approximate surface area is 250 Å². The molecular weight excluding hydrogens is 544 g/mol. The van der Waals surface area contributed by atoms with Crippen LogP contribution in [-0.4, -0.2) is 0 Å². The molecule has 0 fully saturated rings. The fraction of sp³-hybridized carbons (Fsp3) is 0. The first kappa shape index (κ1) is 24.6. The summed E-state index contributed by atoms with van der Waals surface area (Å²) < 4.78 is 12.1. The van der Waals surface area contributed by atoms with Crippen molar-refractivity contribution in [1.29, 1.82) is 0 Å². The van der Waals surface area contributed by atoms with Gasteiger partial charge in [-0.1, -0.05) is 115 Å². The van der Waals surface area contributed by atoms with Crippen molar-refractivity contribution in [3.63, 3.8) is 0 Å². The van der Waals surface area contributed by atoms with Crippen molar-refractivity contribution in [3.05, 3.63) is 154 Å². The van der Waals surface area contributed by atoms with Gasteiger partial charge in [-0.2, -0.15) is 0 Å². The molecule has 0 saturated heterocycles. The van der Waals surface area contributed by atoms with E-state index in [1.807, 2.05) is 97.1 Å². The molecule has 0 N–H and O–H groups in total. The average molecular weight is 567 g/mol. The van der Waals surface area contributed by atoms with Crippen LogP contribution in [0.5, 0.6) is 0 Å². The Kier molecular flexibility index (Phi) is 5.17. The Hall–Kier alpha value is -6.00. The van der Waals surface area contributed by atoms with Gasteiger partial charge in [0.05, 0.1) is 11.1 Å². The van der Waals surface area contributed by atoms with E-state index in [0.29, 0.717) is 33.4 Å².